The number of rotatable bonds is 7. The Labute approximate surface area is 246 Å². The first-order valence-electron chi connectivity index (χ1n) is 12.7. The topological polar surface area (TPSA) is 90.3 Å². The molecule has 4 heterocycles. The summed E-state index contributed by atoms with van der Waals surface area (Å²) in [6.07, 6.45) is 2.90. The average molecular weight is 608 g/mol. The van der Waals surface area contributed by atoms with Crippen LogP contribution in [0.5, 0.6) is 0 Å². The van der Waals surface area contributed by atoms with Gasteiger partial charge in [0, 0.05) is 20.7 Å². The van der Waals surface area contributed by atoms with Gasteiger partial charge in [-0.1, -0.05) is 43.0 Å². The van der Waals surface area contributed by atoms with Crippen LogP contribution in [-0.2, 0) is 22.4 Å². The summed E-state index contributed by atoms with van der Waals surface area (Å²) in [4.78, 5) is 47.5. The number of esters is 1. The number of anilines is 1. The zero-order chi connectivity index (χ0) is 27.8. The molecule has 1 aromatic carbocycles. The molecular formula is C29H25N3O4S4. The van der Waals surface area contributed by atoms with Crippen molar-refractivity contribution in [3.63, 3.8) is 0 Å². The van der Waals surface area contributed by atoms with Crippen molar-refractivity contribution in [1.82, 2.24) is 9.55 Å². The fourth-order valence-electron chi connectivity index (χ4n) is 4.93. The zero-order valence-electron chi connectivity index (χ0n) is 21.8. The molecule has 0 saturated heterocycles. The lowest BCUT2D eigenvalue weighted by Gasteiger charge is -2.17. The molecule has 0 bridgehead atoms. The molecule has 1 atom stereocenters. The summed E-state index contributed by atoms with van der Waals surface area (Å²) >= 11 is 5.60. The van der Waals surface area contributed by atoms with Gasteiger partial charge in [0.15, 0.2) is 5.16 Å². The fraction of sp³-hybridized carbons (Fsp3) is 0.241. The molecule has 7 nitrogen and oxygen atoms in total. The van der Waals surface area contributed by atoms with E-state index in [0.717, 1.165) is 40.1 Å². The van der Waals surface area contributed by atoms with Gasteiger partial charge in [-0.3, -0.25) is 14.2 Å². The van der Waals surface area contributed by atoms with Crippen molar-refractivity contribution in [2.24, 2.45) is 5.92 Å². The number of thioether (sulfide) groups is 1. The van der Waals surface area contributed by atoms with Gasteiger partial charge in [-0.05, 0) is 54.3 Å². The summed E-state index contributed by atoms with van der Waals surface area (Å²) in [6, 6.07) is 13.3. The number of carbonyl (C=O) groups is 2. The molecule has 0 fully saturated rings. The standard InChI is InChI=1S/C29H25N3O4S4/c1-16-10-11-18-21(13-16)40-26-23(18)27(34)32(17-7-4-3-5-8-17)29(31-26)39-15-22(33)30-25-24(28(35)36-2)19(14-38-25)20-9-6-12-37-20/h3-9,12,14,16H,10-11,13,15H2,1-2H3,(H,30,33). The summed E-state index contributed by atoms with van der Waals surface area (Å²) in [5.41, 5.74) is 2.81. The summed E-state index contributed by atoms with van der Waals surface area (Å²) < 4.78 is 6.63. The van der Waals surface area contributed by atoms with E-state index in [-0.39, 0.29) is 17.2 Å². The van der Waals surface area contributed by atoms with Crippen molar-refractivity contribution >= 4 is 72.9 Å². The molecule has 1 unspecified atom stereocenters. The highest BCUT2D eigenvalue weighted by Crippen LogP contribution is 2.39. The molecule has 1 N–H and O–H groups in total. The Bertz CT molecular complexity index is 1770. The van der Waals surface area contributed by atoms with Crippen LogP contribution >= 0.6 is 45.8 Å². The third-order valence-electron chi connectivity index (χ3n) is 6.87. The number of nitrogens with zero attached hydrogens (tertiary/aromatic N) is 2. The molecular weight excluding hydrogens is 583 g/mol. The first-order chi connectivity index (χ1) is 19.4. The van der Waals surface area contributed by atoms with E-state index < -0.39 is 5.97 Å². The predicted molar refractivity (Wildman–Crippen MR) is 165 cm³/mol. The summed E-state index contributed by atoms with van der Waals surface area (Å²) in [7, 11) is 1.33. The highest BCUT2D eigenvalue weighted by Gasteiger charge is 2.26. The van der Waals surface area contributed by atoms with Crippen LogP contribution in [0.4, 0.5) is 5.00 Å². The van der Waals surface area contributed by atoms with Gasteiger partial charge in [-0.25, -0.2) is 9.78 Å². The van der Waals surface area contributed by atoms with Gasteiger partial charge in [0.05, 0.1) is 23.9 Å². The molecule has 204 valence electrons. The number of ether oxygens (including phenoxy) is 1. The summed E-state index contributed by atoms with van der Waals surface area (Å²) in [5.74, 6) is -0.210. The van der Waals surface area contributed by atoms with Crippen LogP contribution in [0.3, 0.4) is 0 Å². The molecule has 40 heavy (non-hydrogen) atoms. The molecule has 0 aliphatic heterocycles. The lowest BCUT2D eigenvalue weighted by molar-refractivity contribution is -0.113. The lowest BCUT2D eigenvalue weighted by atomic mass is 9.89. The van der Waals surface area contributed by atoms with Crippen molar-refractivity contribution in [3.8, 4) is 16.1 Å². The number of benzene rings is 1. The zero-order valence-corrected chi connectivity index (χ0v) is 25.0. The Kier molecular flexibility index (Phi) is 7.63. The van der Waals surface area contributed by atoms with Gasteiger partial charge in [0.25, 0.3) is 5.56 Å². The highest BCUT2D eigenvalue weighted by atomic mass is 32.2. The first-order valence-corrected chi connectivity index (χ1v) is 16.3. The van der Waals surface area contributed by atoms with E-state index in [4.69, 9.17) is 9.72 Å². The van der Waals surface area contributed by atoms with Crippen LogP contribution in [0.2, 0.25) is 0 Å². The van der Waals surface area contributed by atoms with Crippen LogP contribution in [0.1, 0.15) is 34.1 Å². The number of carbonyl (C=O) groups excluding carboxylic acids is 2. The monoisotopic (exact) mass is 607 g/mol. The number of fused-ring (bicyclic) bond motifs is 3. The van der Waals surface area contributed by atoms with E-state index in [1.54, 1.807) is 15.9 Å². The van der Waals surface area contributed by atoms with E-state index >= 15 is 0 Å². The van der Waals surface area contributed by atoms with Crippen molar-refractivity contribution in [1.29, 1.82) is 0 Å². The molecule has 1 aliphatic rings. The Morgan fingerprint density at radius 3 is 2.75 bits per heavy atom. The molecule has 0 radical (unpaired) electrons. The second-order valence-electron chi connectivity index (χ2n) is 9.56. The van der Waals surface area contributed by atoms with Gasteiger partial charge >= 0.3 is 5.97 Å². The second kappa shape index (κ2) is 11.3. The number of hydrogen-bond donors (Lipinski definition) is 1. The molecule has 11 heteroatoms. The maximum Gasteiger partial charge on any atom is 0.341 e. The number of aryl methyl sites for hydroxylation is 1. The maximum absolute atomic E-state index is 13.9. The number of hydrogen-bond acceptors (Lipinski definition) is 9. The highest BCUT2D eigenvalue weighted by molar-refractivity contribution is 7.99. The average Bonchev–Trinajstić information content (AvgIpc) is 3.70. The lowest BCUT2D eigenvalue weighted by Crippen LogP contribution is -2.23. The third kappa shape index (κ3) is 5.03. The number of amides is 1. The fourth-order valence-corrected chi connectivity index (χ4v) is 8.96. The summed E-state index contributed by atoms with van der Waals surface area (Å²) in [5, 5.41) is 8.27. The van der Waals surface area contributed by atoms with Gasteiger partial charge in [0.2, 0.25) is 5.91 Å². The predicted octanol–water partition coefficient (Wildman–Crippen LogP) is 6.88. The molecule has 4 aromatic heterocycles. The van der Waals surface area contributed by atoms with Gasteiger partial charge in [-0.2, -0.15) is 0 Å². The van der Waals surface area contributed by atoms with Crippen LogP contribution in [-0.4, -0.2) is 34.3 Å². The number of nitrogens with one attached hydrogen (secondary N) is 1. The molecule has 6 rings (SSSR count). The van der Waals surface area contributed by atoms with Crippen molar-refractivity contribution < 1.29 is 14.3 Å². The molecule has 0 spiro atoms. The molecule has 1 amide bonds. The maximum atomic E-state index is 13.9. The van der Waals surface area contributed by atoms with E-state index in [0.29, 0.717) is 32.7 Å². The Morgan fingerprint density at radius 1 is 1.18 bits per heavy atom. The van der Waals surface area contributed by atoms with E-state index in [2.05, 4.69) is 12.2 Å². The molecule has 5 aromatic rings. The van der Waals surface area contributed by atoms with Gasteiger partial charge in [-0.15, -0.1) is 34.0 Å². The van der Waals surface area contributed by atoms with Crippen LogP contribution in [0.25, 0.3) is 26.3 Å². The number of para-hydroxylation sites is 1. The number of aromatic nitrogens is 2. The van der Waals surface area contributed by atoms with Crippen molar-refractivity contribution in [2.75, 3.05) is 18.2 Å². The van der Waals surface area contributed by atoms with E-state index in [1.807, 2.05) is 53.2 Å². The smallest absolute Gasteiger partial charge is 0.341 e. The summed E-state index contributed by atoms with van der Waals surface area (Å²) in [6.45, 7) is 2.24. The molecule has 0 saturated carbocycles. The number of methoxy groups -OCH3 is 1. The van der Waals surface area contributed by atoms with Crippen LogP contribution < -0.4 is 10.9 Å². The minimum Gasteiger partial charge on any atom is -0.465 e. The minimum absolute atomic E-state index is 0.0136. The Hall–Kier alpha value is -3.25. The minimum atomic E-state index is -0.506. The van der Waals surface area contributed by atoms with Gasteiger partial charge in [0.1, 0.15) is 15.4 Å². The Balaban J connectivity index is 1.32. The third-order valence-corrected chi connectivity index (χ3v) is 10.8. The van der Waals surface area contributed by atoms with Crippen molar-refractivity contribution in [2.45, 2.75) is 31.3 Å². The van der Waals surface area contributed by atoms with Crippen LogP contribution in [0, 0.1) is 5.92 Å². The quantitative estimate of drug-likeness (QED) is 0.123. The van der Waals surface area contributed by atoms with Crippen molar-refractivity contribution in [3.05, 3.63) is 79.6 Å². The van der Waals surface area contributed by atoms with Gasteiger partial charge < -0.3 is 10.1 Å². The van der Waals surface area contributed by atoms with Crippen LogP contribution in [0.15, 0.2) is 63.2 Å². The first kappa shape index (κ1) is 26.9. The largest absolute Gasteiger partial charge is 0.465 e. The van der Waals surface area contributed by atoms with E-state index in [1.165, 1.54) is 46.4 Å². The second-order valence-corrected chi connectivity index (χ2v) is 13.4. The Morgan fingerprint density at radius 2 is 2.00 bits per heavy atom. The van der Waals surface area contributed by atoms with E-state index in [9.17, 15) is 14.4 Å². The normalized spacial score (nSPS) is 14.7. The number of thiophene rings is 3. The molecule has 1 aliphatic carbocycles. The SMILES string of the molecule is COC(=O)c1c(-c2cccs2)csc1NC(=O)CSc1nc2sc3c(c2c(=O)n1-c1ccccc1)CCC(C)C3.